The van der Waals surface area contributed by atoms with Gasteiger partial charge in [0.25, 0.3) is 0 Å². The molecule has 10 heteroatoms. The van der Waals surface area contributed by atoms with Crippen LogP contribution in [0, 0.1) is 0 Å². The zero-order valence-electron chi connectivity index (χ0n) is 13.8. The molecule has 2 aromatic carbocycles. The van der Waals surface area contributed by atoms with E-state index in [4.69, 9.17) is 0 Å². The van der Waals surface area contributed by atoms with E-state index >= 15 is 0 Å². The molecule has 0 aromatic heterocycles. The smallest absolute Gasteiger partial charge is 0.406 e. The van der Waals surface area contributed by atoms with Crippen molar-refractivity contribution < 1.29 is 35.9 Å². The molecule has 2 aromatic rings. The van der Waals surface area contributed by atoms with Crippen molar-refractivity contribution >= 4 is 17.3 Å². The van der Waals surface area contributed by atoms with Crippen molar-refractivity contribution in [2.45, 2.75) is 25.5 Å². The lowest BCUT2D eigenvalue weighted by Gasteiger charge is -2.18. The SMILES string of the molecule is C[C@H](Nc1ccc(OC(F)(F)F)cc1)C(=O)Nc1ccccc1C(F)(F)F. The Morgan fingerprint density at radius 3 is 2.11 bits per heavy atom. The molecule has 0 aliphatic heterocycles. The third-order valence-corrected chi connectivity index (χ3v) is 3.35. The highest BCUT2D eigenvalue weighted by Gasteiger charge is 2.34. The van der Waals surface area contributed by atoms with Gasteiger partial charge in [-0.2, -0.15) is 13.2 Å². The maximum atomic E-state index is 12.9. The Labute approximate surface area is 150 Å². The Kier molecular flexibility index (Phi) is 5.87. The summed E-state index contributed by atoms with van der Waals surface area (Å²) in [5.74, 6) is -1.19. The highest BCUT2D eigenvalue weighted by molar-refractivity contribution is 5.96. The van der Waals surface area contributed by atoms with E-state index in [1.807, 2.05) is 0 Å². The topological polar surface area (TPSA) is 50.4 Å². The molecule has 0 unspecified atom stereocenters. The van der Waals surface area contributed by atoms with Crippen molar-refractivity contribution in [2.75, 3.05) is 10.6 Å². The van der Waals surface area contributed by atoms with Crippen LogP contribution in [0.1, 0.15) is 12.5 Å². The number of nitrogens with one attached hydrogen (secondary N) is 2. The normalized spacial score (nSPS) is 13.0. The fourth-order valence-corrected chi connectivity index (χ4v) is 2.15. The molecule has 2 rings (SSSR count). The van der Waals surface area contributed by atoms with Gasteiger partial charge in [0, 0.05) is 5.69 Å². The van der Waals surface area contributed by atoms with Gasteiger partial charge in [0.05, 0.1) is 11.3 Å². The minimum Gasteiger partial charge on any atom is -0.406 e. The predicted molar refractivity (Wildman–Crippen MR) is 86.3 cm³/mol. The van der Waals surface area contributed by atoms with Gasteiger partial charge in [-0.3, -0.25) is 4.79 Å². The number of ether oxygens (including phenoxy) is 1. The monoisotopic (exact) mass is 392 g/mol. The molecule has 0 aliphatic carbocycles. The van der Waals surface area contributed by atoms with Crippen molar-refractivity contribution in [1.82, 2.24) is 0 Å². The number of halogens is 6. The lowest BCUT2D eigenvalue weighted by molar-refractivity contribution is -0.274. The second kappa shape index (κ2) is 7.77. The van der Waals surface area contributed by atoms with E-state index in [2.05, 4.69) is 15.4 Å². The molecule has 2 N–H and O–H groups in total. The first-order valence-corrected chi connectivity index (χ1v) is 7.55. The number of carbonyl (C=O) groups excluding carboxylic acids is 1. The van der Waals surface area contributed by atoms with E-state index in [-0.39, 0.29) is 5.69 Å². The summed E-state index contributed by atoms with van der Waals surface area (Å²) >= 11 is 0. The second-order valence-electron chi connectivity index (χ2n) is 5.47. The summed E-state index contributed by atoms with van der Waals surface area (Å²) in [7, 11) is 0. The number of para-hydroxylation sites is 1. The molecule has 0 aliphatic rings. The van der Waals surface area contributed by atoms with E-state index < -0.39 is 41.5 Å². The number of rotatable bonds is 5. The van der Waals surface area contributed by atoms with Crippen molar-refractivity contribution in [3.05, 3.63) is 54.1 Å². The Hall–Kier alpha value is -2.91. The molecular weight excluding hydrogens is 378 g/mol. The minimum atomic E-state index is -4.83. The average molecular weight is 392 g/mol. The van der Waals surface area contributed by atoms with Gasteiger partial charge in [-0.25, -0.2) is 0 Å². The molecule has 4 nitrogen and oxygen atoms in total. The molecule has 0 saturated carbocycles. The molecule has 0 radical (unpaired) electrons. The Bertz CT molecular complexity index is 787. The average Bonchev–Trinajstić information content (AvgIpc) is 2.54. The predicted octanol–water partition coefficient (Wildman–Crippen LogP) is 5.04. The Balaban J connectivity index is 2.02. The van der Waals surface area contributed by atoms with Crippen LogP contribution in [0.4, 0.5) is 37.7 Å². The third-order valence-electron chi connectivity index (χ3n) is 3.35. The number of carbonyl (C=O) groups is 1. The zero-order chi connectivity index (χ0) is 20.2. The first kappa shape index (κ1) is 20.4. The maximum Gasteiger partial charge on any atom is 0.573 e. The van der Waals surface area contributed by atoms with Crippen LogP contribution in [0.25, 0.3) is 0 Å². The molecule has 0 bridgehead atoms. The Morgan fingerprint density at radius 2 is 1.56 bits per heavy atom. The summed E-state index contributed by atoms with van der Waals surface area (Å²) in [6.45, 7) is 1.39. The summed E-state index contributed by atoms with van der Waals surface area (Å²) in [6, 6.07) is 8.12. The van der Waals surface area contributed by atoms with Crippen LogP contribution in [-0.4, -0.2) is 18.3 Å². The van der Waals surface area contributed by atoms with Crippen LogP contribution in [-0.2, 0) is 11.0 Å². The first-order valence-electron chi connectivity index (χ1n) is 7.55. The summed E-state index contributed by atoms with van der Waals surface area (Å²) in [6.07, 6.45) is -9.46. The van der Waals surface area contributed by atoms with Crippen LogP contribution in [0.3, 0.4) is 0 Å². The van der Waals surface area contributed by atoms with Gasteiger partial charge in [-0.15, -0.1) is 13.2 Å². The lowest BCUT2D eigenvalue weighted by atomic mass is 10.1. The lowest BCUT2D eigenvalue weighted by Crippen LogP contribution is -2.32. The van der Waals surface area contributed by atoms with Gasteiger partial charge in [0.2, 0.25) is 5.91 Å². The largest absolute Gasteiger partial charge is 0.573 e. The van der Waals surface area contributed by atoms with Gasteiger partial charge in [-0.05, 0) is 43.3 Å². The van der Waals surface area contributed by atoms with Gasteiger partial charge in [-0.1, -0.05) is 12.1 Å². The summed E-state index contributed by atoms with van der Waals surface area (Å²) < 4.78 is 78.9. The number of amides is 1. The van der Waals surface area contributed by atoms with Crippen molar-refractivity contribution in [3.63, 3.8) is 0 Å². The minimum absolute atomic E-state index is 0.288. The molecule has 1 atom stereocenters. The number of benzene rings is 2. The van der Waals surface area contributed by atoms with Crippen molar-refractivity contribution in [2.24, 2.45) is 0 Å². The van der Waals surface area contributed by atoms with Gasteiger partial charge in [0.1, 0.15) is 11.8 Å². The van der Waals surface area contributed by atoms with Gasteiger partial charge in [0.15, 0.2) is 0 Å². The summed E-state index contributed by atoms with van der Waals surface area (Å²) in [5, 5.41) is 4.86. The molecule has 146 valence electrons. The fraction of sp³-hybridized carbons (Fsp3) is 0.235. The molecule has 27 heavy (non-hydrogen) atoms. The number of hydrogen-bond donors (Lipinski definition) is 2. The molecule has 0 fully saturated rings. The second-order valence-corrected chi connectivity index (χ2v) is 5.47. The van der Waals surface area contributed by atoms with Crippen LogP contribution in [0.2, 0.25) is 0 Å². The summed E-state index contributed by atoms with van der Waals surface area (Å²) in [4.78, 5) is 12.1. The van der Waals surface area contributed by atoms with Gasteiger partial charge >= 0.3 is 12.5 Å². The van der Waals surface area contributed by atoms with E-state index in [0.717, 1.165) is 24.3 Å². The van der Waals surface area contributed by atoms with Crippen LogP contribution in [0.15, 0.2) is 48.5 Å². The third kappa shape index (κ3) is 6.08. The van der Waals surface area contributed by atoms with Crippen molar-refractivity contribution in [3.8, 4) is 5.75 Å². The fourth-order valence-electron chi connectivity index (χ4n) is 2.15. The van der Waals surface area contributed by atoms with Gasteiger partial charge < -0.3 is 15.4 Å². The van der Waals surface area contributed by atoms with Crippen LogP contribution >= 0.6 is 0 Å². The van der Waals surface area contributed by atoms with Crippen LogP contribution < -0.4 is 15.4 Å². The van der Waals surface area contributed by atoms with Crippen molar-refractivity contribution in [1.29, 1.82) is 0 Å². The zero-order valence-corrected chi connectivity index (χ0v) is 13.8. The quantitative estimate of drug-likeness (QED) is 0.701. The van der Waals surface area contributed by atoms with E-state index in [1.54, 1.807) is 0 Å². The molecule has 0 saturated heterocycles. The molecule has 0 heterocycles. The molecule has 1 amide bonds. The van der Waals surface area contributed by atoms with E-state index in [9.17, 15) is 31.1 Å². The standard InChI is InChI=1S/C17H14F6N2O2/c1-10(24-11-6-8-12(9-7-11)27-17(21,22)23)15(26)25-14-5-3-2-4-13(14)16(18,19)20/h2-10,24H,1H3,(H,25,26)/t10-/m0/s1. The highest BCUT2D eigenvalue weighted by Crippen LogP contribution is 2.34. The first-order chi connectivity index (χ1) is 12.5. The van der Waals surface area contributed by atoms with E-state index in [0.29, 0.717) is 0 Å². The maximum absolute atomic E-state index is 12.9. The number of hydrogen-bond acceptors (Lipinski definition) is 3. The summed E-state index contributed by atoms with van der Waals surface area (Å²) in [5.41, 5.74) is -1.09. The Morgan fingerprint density at radius 1 is 0.963 bits per heavy atom. The number of anilines is 2. The van der Waals surface area contributed by atoms with E-state index in [1.165, 1.54) is 31.2 Å². The molecular formula is C17H14F6N2O2. The highest BCUT2D eigenvalue weighted by atomic mass is 19.4. The van der Waals surface area contributed by atoms with Crippen LogP contribution in [0.5, 0.6) is 5.75 Å². The number of alkyl halides is 6. The molecule has 0 spiro atoms.